The van der Waals surface area contributed by atoms with Crippen molar-refractivity contribution in [2.45, 2.75) is 27.3 Å². The Labute approximate surface area is 149 Å². The average Bonchev–Trinajstić information content (AvgIpc) is 3.07. The summed E-state index contributed by atoms with van der Waals surface area (Å²) in [7, 11) is 0. The number of rotatable bonds is 4. The van der Waals surface area contributed by atoms with Crippen LogP contribution >= 0.6 is 0 Å². The van der Waals surface area contributed by atoms with Crippen LogP contribution in [0.15, 0.2) is 30.0 Å². The van der Waals surface area contributed by atoms with Gasteiger partial charge in [-0.2, -0.15) is 0 Å². The molecule has 2 aliphatic rings. The van der Waals surface area contributed by atoms with Crippen LogP contribution in [0.25, 0.3) is 0 Å². The molecule has 1 aromatic rings. The Morgan fingerprint density at radius 2 is 1.92 bits per heavy atom. The third-order valence-corrected chi connectivity index (χ3v) is 4.84. The molecule has 0 bridgehead atoms. The van der Waals surface area contributed by atoms with Crippen molar-refractivity contribution >= 4 is 6.03 Å². The second kappa shape index (κ2) is 7.78. The fourth-order valence-corrected chi connectivity index (χ4v) is 2.84. The molecule has 136 valence electrons. The summed E-state index contributed by atoms with van der Waals surface area (Å²) >= 11 is 0. The molecule has 0 unspecified atom stereocenters. The van der Waals surface area contributed by atoms with Crippen LogP contribution in [0.2, 0.25) is 0 Å². The number of hydrogen-bond acceptors (Lipinski definition) is 4. The van der Waals surface area contributed by atoms with Crippen molar-refractivity contribution in [3.8, 4) is 11.5 Å². The molecule has 0 aliphatic carbocycles. The number of nitrogens with zero attached hydrogens (tertiary/aromatic N) is 2. The van der Waals surface area contributed by atoms with Gasteiger partial charge in [0.05, 0.1) is 0 Å². The van der Waals surface area contributed by atoms with Gasteiger partial charge in [-0.25, -0.2) is 4.79 Å². The highest BCUT2D eigenvalue weighted by atomic mass is 16.7. The van der Waals surface area contributed by atoms with E-state index in [1.807, 2.05) is 30.2 Å². The Balaban J connectivity index is 1.47. The Morgan fingerprint density at radius 3 is 2.64 bits per heavy atom. The van der Waals surface area contributed by atoms with E-state index in [1.165, 1.54) is 11.1 Å². The first-order chi connectivity index (χ1) is 12.0. The molecule has 0 radical (unpaired) electrons. The molecular weight excluding hydrogens is 318 g/mol. The number of piperazine rings is 1. The molecule has 25 heavy (non-hydrogen) atoms. The molecular formula is C19H27N3O3. The van der Waals surface area contributed by atoms with E-state index in [9.17, 15) is 4.79 Å². The smallest absolute Gasteiger partial charge is 0.321 e. The molecule has 2 amide bonds. The van der Waals surface area contributed by atoms with E-state index in [-0.39, 0.29) is 6.03 Å². The lowest BCUT2D eigenvalue weighted by Crippen LogP contribution is -2.50. The van der Waals surface area contributed by atoms with Gasteiger partial charge in [0.2, 0.25) is 6.79 Å². The minimum atomic E-state index is -0.0114. The highest BCUT2D eigenvalue weighted by Gasteiger charge is 2.21. The fourth-order valence-electron chi connectivity index (χ4n) is 2.84. The van der Waals surface area contributed by atoms with Gasteiger partial charge in [-0.3, -0.25) is 4.90 Å². The van der Waals surface area contributed by atoms with Crippen molar-refractivity contribution in [2.75, 3.05) is 33.0 Å². The Bertz CT molecular complexity index is 649. The minimum Gasteiger partial charge on any atom is -0.454 e. The Kier molecular flexibility index (Phi) is 5.48. The fraction of sp³-hybridized carbons (Fsp3) is 0.526. The molecule has 6 heteroatoms. The second-order valence-corrected chi connectivity index (χ2v) is 6.94. The number of benzene rings is 1. The maximum absolute atomic E-state index is 12.2. The predicted molar refractivity (Wildman–Crippen MR) is 96.5 cm³/mol. The topological polar surface area (TPSA) is 54.0 Å². The van der Waals surface area contributed by atoms with E-state index in [2.05, 4.69) is 30.1 Å². The summed E-state index contributed by atoms with van der Waals surface area (Å²) in [6.45, 7) is 10.7. The number of carbonyl (C=O) groups excluding carboxylic acids is 1. The van der Waals surface area contributed by atoms with Gasteiger partial charge in [-0.05, 0) is 30.5 Å². The second-order valence-electron chi connectivity index (χ2n) is 6.94. The molecule has 0 spiro atoms. The summed E-state index contributed by atoms with van der Waals surface area (Å²) in [5.74, 6) is 2.08. The van der Waals surface area contributed by atoms with Gasteiger partial charge in [0.1, 0.15) is 0 Å². The summed E-state index contributed by atoms with van der Waals surface area (Å²) in [4.78, 5) is 16.5. The zero-order chi connectivity index (χ0) is 17.8. The van der Waals surface area contributed by atoms with Crippen LogP contribution in [-0.4, -0.2) is 48.8 Å². The van der Waals surface area contributed by atoms with Crippen molar-refractivity contribution in [3.63, 3.8) is 0 Å². The molecule has 1 aromatic carbocycles. The van der Waals surface area contributed by atoms with Gasteiger partial charge in [-0.1, -0.05) is 25.5 Å². The number of urea groups is 1. The first kappa shape index (κ1) is 17.6. The zero-order valence-electron chi connectivity index (χ0n) is 15.2. The molecule has 1 N–H and O–H groups in total. The number of allylic oxidation sites excluding steroid dienone is 1. The average molecular weight is 345 g/mol. The summed E-state index contributed by atoms with van der Waals surface area (Å²) in [5, 5.41) is 2.90. The van der Waals surface area contributed by atoms with Crippen LogP contribution in [0.1, 0.15) is 26.3 Å². The molecule has 6 nitrogen and oxygen atoms in total. The van der Waals surface area contributed by atoms with Gasteiger partial charge in [0, 0.05) is 38.9 Å². The maximum atomic E-state index is 12.2. The molecule has 1 fully saturated rings. The van der Waals surface area contributed by atoms with Crippen LogP contribution in [-0.2, 0) is 6.54 Å². The lowest BCUT2D eigenvalue weighted by Gasteiger charge is -2.34. The van der Waals surface area contributed by atoms with Gasteiger partial charge in [0.25, 0.3) is 0 Å². The van der Waals surface area contributed by atoms with Crippen molar-refractivity contribution in [1.82, 2.24) is 15.1 Å². The van der Waals surface area contributed by atoms with Crippen LogP contribution in [0.3, 0.4) is 0 Å². The third kappa shape index (κ3) is 4.45. The normalized spacial score (nSPS) is 17.9. The third-order valence-electron chi connectivity index (χ3n) is 4.84. The van der Waals surface area contributed by atoms with E-state index in [1.54, 1.807) is 0 Å². The first-order valence-corrected chi connectivity index (χ1v) is 8.86. The maximum Gasteiger partial charge on any atom is 0.321 e. The molecule has 3 rings (SSSR count). The molecule has 0 atom stereocenters. The highest BCUT2D eigenvalue weighted by molar-refractivity contribution is 5.75. The Morgan fingerprint density at radius 1 is 1.20 bits per heavy atom. The number of nitrogens with one attached hydrogen (secondary N) is 1. The zero-order valence-corrected chi connectivity index (χ0v) is 15.2. The summed E-state index contributed by atoms with van der Waals surface area (Å²) < 4.78 is 10.8. The molecule has 0 aromatic heterocycles. The standard InChI is InChI=1S/C19H27N3O3/c1-14(2)15(3)11-20-19(23)22-8-6-21(7-9-22)12-16-4-5-17-18(10-16)25-13-24-17/h4-5,10-11,14H,6-9,12-13H2,1-3H3,(H,20,23)/b15-11+. The lowest BCUT2D eigenvalue weighted by molar-refractivity contribution is 0.137. The quantitative estimate of drug-likeness (QED) is 0.912. The largest absolute Gasteiger partial charge is 0.454 e. The van der Waals surface area contributed by atoms with Gasteiger partial charge in [0.15, 0.2) is 11.5 Å². The number of ether oxygens (including phenoxy) is 2. The number of hydrogen-bond donors (Lipinski definition) is 1. The predicted octanol–water partition coefficient (Wildman–Crippen LogP) is 2.80. The van der Waals surface area contributed by atoms with Gasteiger partial charge in [-0.15, -0.1) is 0 Å². The monoisotopic (exact) mass is 345 g/mol. The molecule has 1 saturated heterocycles. The number of fused-ring (bicyclic) bond motifs is 1. The highest BCUT2D eigenvalue weighted by Crippen LogP contribution is 2.32. The van der Waals surface area contributed by atoms with E-state index < -0.39 is 0 Å². The van der Waals surface area contributed by atoms with Gasteiger partial charge < -0.3 is 19.7 Å². The van der Waals surface area contributed by atoms with Crippen LogP contribution in [0.5, 0.6) is 11.5 Å². The van der Waals surface area contributed by atoms with E-state index in [0.717, 1.165) is 44.2 Å². The Hall–Kier alpha value is -2.21. The molecule has 2 aliphatic heterocycles. The van der Waals surface area contributed by atoms with E-state index in [0.29, 0.717) is 12.7 Å². The summed E-state index contributed by atoms with van der Waals surface area (Å²) in [6, 6.07) is 6.07. The van der Waals surface area contributed by atoms with Crippen LogP contribution < -0.4 is 14.8 Å². The van der Waals surface area contributed by atoms with E-state index in [4.69, 9.17) is 9.47 Å². The summed E-state index contributed by atoms with van der Waals surface area (Å²) in [6.07, 6.45) is 1.83. The summed E-state index contributed by atoms with van der Waals surface area (Å²) in [5.41, 5.74) is 2.38. The number of amides is 2. The van der Waals surface area contributed by atoms with E-state index >= 15 is 0 Å². The van der Waals surface area contributed by atoms with Crippen molar-refractivity contribution in [1.29, 1.82) is 0 Å². The first-order valence-electron chi connectivity index (χ1n) is 8.86. The SMILES string of the molecule is C/C(=C\NC(=O)N1CCN(Cc2ccc3c(c2)OCO3)CC1)C(C)C. The van der Waals surface area contributed by atoms with Crippen LogP contribution in [0.4, 0.5) is 4.79 Å². The molecule has 2 heterocycles. The van der Waals surface area contributed by atoms with Crippen LogP contribution in [0, 0.1) is 5.92 Å². The molecule has 0 saturated carbocycles. The minimum absolute atomic E-state index is 0.0114. The lowest BCUT2D eigenvalue weighted by atomic mass is 10.1. The van der Waals surface area contributed by atoms with Crippen molar-refractivity contribution in [2.24, 2.45) is 5.92 Å². The van der Waals surface area contributed by atoms with Crippen molar-refractivity contribution in [3.05, 3.63) is 35.5 Å². The number of carbonyl (C=O) groups is 1. The van der Waals surface area contributed by atoms with Gasteiger partial charge >= 0.3 is 6.03 Å². The van der Waals surface area contributed by atoms with Crippen molar-refractivity contribution < 1.29 is 14.3 Å².